The van der Waals surface area contributed by atoms with E-state index in [0.29, 0.717) is 6.04 Å². The molecular formula is C14H25NO. The molecule has 0 bridgehead atoms. The Bertz CT molecular complexity index is 304. The second-order valence-electron chi connectivity index (χ2n) is 4.56. The molecule has 2 nitrogen and oxygen atoms in total. The molecule has 1 rings (SSSR count). The lowest BCUT2D eigenvalue weighted by Gasteiger charge is -2.15. The third-order valence-electron chi connectivity index (χ3n) is 3.15. The minimum atomic E-state index is 0.453. The van der Waals surface area contributed by atoms with Gasteiger partial charge in [-0.2, -0.15) is 0 Å². The molecule has 1 atom stereocenters. The molecular weight excluding hydrogens is 198 g/mol. The summed E-state index contributed by atoms with van der Waals surface area (Å²) in [6.45, 7) is 6.32. The van der Waals surface area contributed by atoms with Crippen molar-refractivity contribution >= 4 is 0 Å². The molecule has 0 saturated heterocycles. The van der Waals surface area contributed by atoms with Crippen molar-refractivity contribution in [3.8, 4) is 0 Å². The number of aryl methyl sites for hydroxylation is 2. The number of rotatable bonds is 7. The van der Waals surface area contributed by atoms with E-state index in [1.54, 1.807) is 0 Å². The van der Waals surface area contributed by atoms with E-state index in [4.69, 9.17) is 4.42 Å². The van der Waals surface area contributed by atoms with Gasteiger partial charge in [0, 0.05) is 11.6 Å². The average Bonchev–Trinajstić information content (AvgIpc) is 2.58. The normalized spacial score (nSPS) is 13.0. The van der Waals surface area contributed by atoms with Gasteiger partial charge in [0.05, 0.1) is 0 Å². The molecule has 1 N–H and O–H groups in total. The molecule has 0 aliphatic heterocycles. The zero-order valence-corrected chi connectivity index (χ0v) is 11.1. The van der Waals surface area contributed by atoms with Gasteiger partial charge in [-0.25, -0.2) is 0 Å². The Morgan fingerprint density at radius 1 is 1.25 bits per heavy atom. The van der Waals surface area contributed by atoms with E-state index < -0.39 is 0 Å². The highest BCUT2D eigenvalue weighted by Gasteiger charge is 2.14. The van der Waals surface area contributed by atoms with Crippen molar-refractivity contribution in [3.05, 3.63) is 23.2 Å². The van der Waals surface area contributed by atoms with Gasteiger partial charge in [-0.15, -0.1) is 0 Å². The van der Waals surface area contributed by atoms with Gasteiger partial charge in [-0.3, -0.25) is 0 Å². The first-order valence-electron chi connectivity index (χ1n) is 6.43. The Morgan fingerprint density at radius 3 is 2.50 bits per heavy atom. The Morgan fingerprint density at radius 2 is 2.00 bits per heavy atom. The molecule has 0 radical (unpaired) electrons. The van der Waals surface area contributed by atoms with Crippen molar-refractivity contribution < 1.29 is 4.42 Å². The van der Waals surface area contributed by atoms with Crippen LogP contribution in [-0.4, -0.2) is 7.05 Å². The van der Waals surface area contributed by atoms with E-state index in [2.05, 4.69) is 25.2 Å². The van der Waals surface area contributed by atoms with E-state index in [-0.39, 0.29) is 0 Å². The van der Waals surface area contributed by atoms with E-state index in [0.717, 1.165) is 11.5 Å². The van der Waals surface area contributed by atoms with Gasteiger partial charge in [0.2, 0.25) is 0 Å². The monoisotopic (exact) mass is 223 g/mol. The van der Waals surface area contributed by atoms with Crippen molar-refractivity contribution in [2.45, 2.75) is 58.9 Å². The van der Waals surface area contributed by atoms with Crippen LogP contribution in [0.3, 0.4) is 0 Å². The molecule has 0 spiro atoms. The maximum absolute atomic E-state index is 5.58. The predicted octanol–water partition coefficient (Wildman–Crippen LogP) is 4.13. The lowest BCUT2D eigenvalue weighted by atomic mass is 10.0. The largest absolute Gasteiger partial charge is 0.466 e. The summed E-state index contributed by atoms with van der Waals surface area (Å²) in [4.78, 5) is 0. The minimum absolute atomic E-state index is 0.453. The SMILES string of the molecule is CCCCCCC(NC)c1cc(C)oc1C. The smallest absolute Gasteiger partial charge is 0.105 e. The second-order valence-corrected chi connectivity index (χ2v) is 4.56. The van der Waals surface area contributed by atoms with Crippen LogP contribution in [0.25, 0.3) is 0 Å². The highest BCUT2D eigenvalue weighted by atomic mass is 16.3. The molecule has 1 aromatic rings. The number of furan rings is 1. The summed E-state index contributed by atoms with van der Waals surface area (Å²) in [7, 11) is 2.03. The van der Waals surface area contributed by atoms with Gasteiger partial charge in [0.25, 0.3) is 0 Å². The summed E-state index contributed by atoms with van der Waals surface area (Å²) >= 11 is 0. The molecule has 2 heteroatoms. The van der Waals surface area contributed by atoms with Gasteiger partial charge in [-0.05, 0) is 33.4 Å². The zero-order valence-electron chi connectivity index (χ0n) is 11.1. The van der Waals surface area contributed by atoms with Gasteiger partial charge >= 0.3 is 0 Å². The van der Waals surface area contributed by atoms with Crippen LogP contribution in [0.5, 0.6) is 0 Å². The highest BCUT2D eigenvalue weighted by molar-refractivity contribution is 5.23. The van der Waals surface area contributed by atoms with Crippen molar-refractivity contribution in [3.63, 3.8) is 0 Å². The molecule has 0 fully saturated rings. The van der Waals surface area contributed by atoms with Gasteiger partial charge in [-0.1, -0.05) is 32.6 Å². The molecule has 1 unspecified atom stereocenters. The topological polar surface area (TPSA) is 25.2 Å². The van der Waals surface area contributed by atoms with Crippen molar-refractivity contribution in [1.82, 2.24) is 5.32 Å². The zero-order chi connectivity index (χ0) is 12.0. The fourth-order valence-electron chi connectivity index (χ4n) is 2.23. The highest BCUT2D eigenvalue weighted by Crippen LogP contribution is 2.25. The Hall–Kier alpha value is -0.760. The van der Waals surface area contributed by atoms with Crippen molar-refractivity contribution in [2.75, 3.05) is 7.05 Å². The van der Waals surface area contributed by atoms with Crippen LogP contribution >= 0.6 is 0 Å². The van der Waals surface area contributed by atoms with Crippen LogP contribution in [0.4, 0.5) is 0 Å². The lowest BCUT2D eigenvalue weighted by Crippen LogP contribution is -2.16. The van der Waals surface area contributed by atoms with E-state index in [1.165, 1.54) is 37.7 Å². The van der Waals surface area contributed by atoms with Crippen LogP contribution in [0.2, 0.25) is 0 Å². The summed E-state index contributed by atoms with van der Waals surface area (Å²) in [6.07, 6.45) is 6.48. The van der Waals surface area contributed by atoms with Crippen LogP contribution in [0.15, 0.2) is 10.5 Å². The molecule has 1 heterocycles. The van der Waals surface area contributed by atoms with Crippen LogP contribution in [0, 0.1) is 13.8 Å². The third-order valence-corrected chi connectivity index (χ3v) is 3.15. The first-order chi connectivity index (χ1) is 7.69. The number of hydrogen-bond acceptors (Lipinski definition) is 2. The molecule has 0 aliphatic carbocycles. The van der Waals surface area contributed by atoms with Gasteiger partial charge < -0.3 is 9.73 Å². The molecule has 0 saturated carbocycles. The molecule has 0 amide bonds. The van der Waals surface area contributed by atoms with Gasteiger partial charge in [0.1, 0.15) is 11.5 Å². The maximum atomic E-state index is 5.58. The fourth-order valence-corrected chi connectivity index (χ4v) is 2.23. The van der Waals surface area contributed by atoms with Crippen molar-refractivity contribution in [1.29, 1.82) is 0 Å². The maximum Gasteiger partial charge on any atom is 0.105 e. The quantitative estimate of drug-likeness (QED) is 0.703. The van der Waals surface area contributed by atoms with E-state index in [9.17, 15) is 0 Å². The third kappa shape index (κ3) is 3.67. The fraction of sp³-hybridized carbons (Fsp3) is 0.714. The molecule has 0 aliphatic rings. The minimum Gasteiger partial charge on any atom is -0.466 e. The number of hydrogen-bond donors (Lipinski definition) is 1. The van der Waals surface area contributed by atoms with Gasteiger partial charge in [0.15, 0.2) is 0 Å². The first-order valence-corrected chi connectivity index (χ1v) is 6.43. The summed E-state index contributed by atoms with van der Waals surface area (Å²) in [5.74, 6) is 2.08. The summed E-state index contributed by atoms with van der Waals surface area (Å²) < 4.78 is 5.58. The predicted molar refractivity (Wildman–Crippen MR) is 68.7 cm³/mol. The summed E-state index contributed by atoms with van der Waals surface area (Å²) in [5, 5.41) is 3.39. The Labute approximate surface area is 99.4 Å². The second kappa shape index (κ2) is 6.74. The van der Waals surface area contributed by atoms with E-state index >= 15 is 0 Å². The molecule has 92 valence electrons. The van der Waals surface area contributed by atoms with E-state index in [1.807, 2.05) is 14.0 Å². The summed E-state index contributed by atoms with van der Waals surface area (Å²) in [5.41, 5.74) is 1.33. The van der Waals surface area contributed by atoms with Crippen LogP contribution in [-0.2, 0) is 0 Å². The van der Waals surface area contributed by atoms with Crippen LogP contribution in [0.1, 0.15) is 62.2 Å². The number of nitrogens with one attached hydrogen (secondary N) is 1. The molecule has 0 aromatic carbocycles. The number of unbranched alkanes of at least 4 members (excludes halogenated alkanes) is 3. The summed E-state index contributed by atoms with van der Waals surface area (Å²) in [6, 6.07) is 2.62. The average molecular weight is 223 g/mol. The molecule has 16 heavy (non-hydrogen) atoms. The first kappa shape index (κ1) is 13.3. The van der Waals surface area contributed by atoms with Crippen molar-refractivity contribution in [2.24, 2.45) is 0 Å². The lowest BCUT2D eigenvalue weighted by molar-refractivity contribution is 0.472. The van der Waals surface area contributed by atoms with Crippen LogP contribution < -0.4 is 5.32 Å². The Kier molecular flexibility index (Phi) is 5.61. The standard InChI is InChI=1S/C14H25NO/c1-5-6-7-8-9-14(15-4)13-10-11(2)16-12(13)3/h10,14-15H,5-9H2,1-4H3. The molecule has 1 aromatic heterocycles. The Balaban J connectivity index is 2.50.